The van der Waals surface area contributed by atoms with Crippen molar-refractivity contribution >= 4 is 38.6 Å². The van der Waals surface area contributed by atoms with Crippen molar-refractivity contribution in [2.24, 2.45) is 5.10 Å². The Morgan fingerprint density at radius 1 is 1.03 bits per heavy atom. The molecule has 162 valence electrons. The van der Waals surface area contributed by atoms with Gasteiger partial charge in [0.2, 0.25) is 5.13 Å². The molecule has 1 heterocycles. The highest BCUT2D eigenvalue weighted by Gasteiger charge is 2.10. The molecule has 7 heteroatoms. The summed E-state index contributed by atoms with van der Waals surface area (Å²) in [6.45, 7) is 0.565. The van der Waals surface area contributed by atoms with Gasteiger partial charge >= 0.3 is 0 Å². The summed E-state index contributed by atoms with van der Waals surface area (Å²) in [5.74, 6) is 1.34. The Hall–Kier alpha value is -3.16. The van der Waals surface area contributed by atoms with Crippen LogP contribution in [0.5, 0.6) is 11.5 Å². The van der Waals surface area contributed by atoms with Crippen LogP contribution in [-0.2, 0) is 6.42 Å². The van der Waals surface area contributed by atoms with Crippen LogP contribution in [0.15, 0.2) is 87.8 Å². The van der Waals surface area contributed by atoms with Gasteiger partial charge in [-0.25, -0.2) is 4.98 Å². The molecule has 4 rings (SSSR count). The van der Waals surface area contributed by atoms with Crippen LogP contribution in [0, 0.1) is 0 Å². The van der Waals surface area contributed by atoms with Gasteiger partial charge in [-0.15, -0.1) is 11.3 Å². The van der Waals surface area contributed by atoms with Gasteiger partial charge in [-0.3, -0.25) is 5.43 Å². The average Bonchev–Trinajstić information content (AvgIpc) is 3.31. The Labute approximate surface area is 199 Å². The number of rotatable bonds is 9. The number of aromatic nitrogens is 1. The highest BCUT2D eigenvalue weighted by molar-refractivity contribution is 9.10. The van der Waals surface area contributed by atoms with Crippen molar-refractivity contribution in [2.45, 2.75) is 6.42 Å². The van der Waals surface area contributed by atoms with E-state index in [9.17, 15) is 0 Å². The number of nitrogens with one attached hydrogen (secondary N) is 1. The van der Waals surface area contributed by atoms with E-state index in [2.05, 4.69) is 43.6 Å². The van der Waals surface area contributed by atoms with Crippen molar-refractivity contribution < 1.29 is 9.47 Å². The first-order valence-corrected chi connectivity index (χ1v) is 11.7. The van der Waals surface area contributed by atoms with Crippen LogP contribution in [0.4, 0.5) is 5.13 Å². The van der Waals surface area contributed by atoms with Gasteiger partial charge < -0.3 is 9.47 Å². The Morgan fingerprint density at radius 3 is 2.53 bits per heavy atom. The largest absolute Gasteiger partial charge is 0.493 e. The summed E-state index contributed by atoms with van der Waals surface area (Å²) in [5.41, 5.74) is 7.10. The molecule has 3 aromatic carbocycles. The molecule has 0 fully saturated rings. The molecule has 0 atom stereocenters. The third-order valence-corrected chi connectivity index (χ3v) is 6.15. The van der Waals surface area contributed by atoms with Crippen LogP contribution in [0.2, 0.25) is 0 Å². The van der Waals surface area contributed by atoms with Gasteiger partial charge in [0.1, 0.15) is 0 Å². The average molecular weight is 508 g/mol. The fourth-order valence-corrected chi connectivity index (χ4v) is 4.16. The summed E-state index contributed by atoms with van der Waals surface area (Å²) in [6.07, 6.45) is 2.55. The molecule has 1 aromatic heterocycles. The van der Waals surface area contributed by atoms with Crippen LogP contribution in [-0.4, -0.2) is 24.9 Å². The van der Waals surface area contributed by atoms with E-state index in [1.165, 1.54) is 16.9 Å². The molecule has 1 N–H and O–H groups in total. The second-order valence-corrected chi connectivity index (χ2v) is 8.60. The number of ether oxygens (including phenoxy) is 2. The van der Waals surface area contributed by atoms with Gasteiger partial charge in [-0.2, -0.15) is 5.10 Å². The SMILES string of the molecule is COc1cc(C=NNc2nc(-c3ccccc3)cs2)c(Br)cc1OCCc1ccccc1. The number of hydrogen-bond acceptors (Lipinski definition) is 6. The lowest BCUT2D eigenvalue weighted by atomic mass is 10.2. The molecule has 0 saturated heterocycles. The highest BCUT2D eigenvalue weighted by atomic mass is 79.9. The van der Waals surface area contributed by atoms with Crippen LogP contribution >= 0.6 is 27.3 Å². The number of hydrazone groups is 1. The Morgan fingerprint density at radius 2 is 1.78 bits per heavy atom. The van der Waals surface area contributed by atoms with E-state index < -0.39 is 0 Å². The molecular weight excluding hydrogens is 486 g/mol. The minimum atomic E-state index is 0.565. The normalized spacial score (nSPS) is 10.9. The number of halogens is 1. The molecule has 0 amide bonds. The number of thiazole rings is 1. The lowest BCUT2D eigenvalue weighted by Gasteiger charge is -2.12. The number of benzene rings is 3. The summed E-state index contributed by atoms with van der Waals surface area (Å²) in [4.78, 5) is 4.58. The smallest absolute Gasteiger partial charge is 0.203 e. The molecule has 32 heavy (non-hydrogen) atoms. The van der Waals surface area contributed by atoms with Crippen molar-refractivity contribution in [3.63, 3.8) is 0 Å². The zero-order valence-corrected chi connectivity index (χ0v) is 19.9. The van der Waals surface area contributed by atoms with E-state index in [4.69, 9.17) is 9.47 Å². The monoisotopic (exact) mass is 507 g/mol. The molecule has 0 radical (unpaired) electrons. The van der Waals surface area contributed by atoms with Gasteiger partial charge in [0.15, 0.2) is 11.5 Å². The van der Waals surface area contributed by atoms with Crippen molar-refractivity contribution in [2.75, 3.05) is 19.1 Å². The highest BCUT2D eigenvalue weighted by Crippen LogP contribution is 2.33. The quantitative estimate of drug-likeness (QED) is 0.203. The van der Waals surface area contributed by atoms with Crippen molar-refractivity contribution in [1.82, 2.24) is 4.98 Å². The number of hydrogen-bond donors (Lipinski definition) is 1. The zero-order valence-electron chi connectivity index (χ0n) is 17.5. The summed E-state index contributed by atoms with van der Waals surface area (Å²) >= 11 is 5.11. The van der Waals surface area contributed by atoms with Crippen molar-refractivity contribution in [3.8, 4) is 22.8 Å². The van der Waals surface area contributed by atoms with E-state index >= 15 is 0 Å². The van der Waals surface area contributed by atoms with Crippen molar-refractivity contribution in [1.29, 1.82) is 0 Å². The lowest BCUT2D eigenvalue weighted by Crippen LogP contribution is -2.03. The predicted molar refractivity (Wildman–Crippen MR) is 135 cm³/mol. The Kier molecular flexibility index (Phi) is 7.53. The van der Waals surface area contributed by atoms with E-state index in [1.807, 2.05) is 66.0 Å². The van der Waals surface area contributed by atoms with Gasteiger partial charge in [-0.05, 0) is 33.6 Å². The standard InChI is InChI=1S/C25H22BrN3O2S/c1-30-23-14-20(21(26)15-24(23)31-13-12-18-8-4-2-5-9-18)16-27-29-25-28-22(17-32-25)19-10-6-3-7-11-19/h2-11,14-17H,12-13H2,1H3,(H,28,29). The minimum Gasteiger partial charge on any atom is -0.493 e. The summed E-state index contributed by atoms with van der Waals surface area (Å²) < 4.78 is 12.3. The maximum atomic E-state index is 5.96. The van der Waals surface area contributed by atoms with Gasteiger partial charge in [-0.1, -0.05) is 60.7 Å². The molecule has 5 nitrogen and oxygen atoms in total. The second-order valence-electron chi connectivity index (χ2n) is 6.88. The van der Waals surface area contributed by atoms with Crippen LogP contribution in [0.3, 0.4) is 0 Å². The first kappa shape index (κ1) is 22.0. The molecule has 4 aromatic rings. The lowest BCUT2D eigenvalue weighted by molar-refractivity contribution is 0.297. The topological polar surface area (TPSA) is 55.7 Å². The third-order valence-electron chi connectivity index (χ3n) is 4.71. The number of methoxy groups -OCH3 is 1. The number of nitrogens with zero attached hydrogens (tertiary/aromatic N) is 2. The fourth-order valence-electron chi connectivity index (χ4n) is 3.07. The van der Waals surface area contributed by atoms with Gasteiger partial charge in [0, 0.05) is 27.4 Å². The molecule has 0 unspecified atom stereocenters. The van der Waals surface area contributed by atoms with Crippen LogP contribution < -0.4 is 14.9 Å². The fraction of sp³-hybridized carbons (Fsp3) is 0.120. The van der Waals surface area contributed by atoms with Gasteiger partial charge in [0.25, 0.3) is 0 Å². The minimum absolute atomic E-state index is 0.565. The van der Waals surface area contributed by atoms with E-state index in [0.717, 1.165) is 32.8 Å². The summed E-state index contributed by atoms with van der Waals surface area (Å²) in [5, 5.41) is 7.07. The summed E-state index contributed by atoms with van der Waals surface area (Å²) in [6, 6.07) is 24.1. The molecule has 0 aliphatic carbocycles. The molecule has 0 aliphatic heterocycles. The van der Waals surface area contributed by atoms with E-state index in [0.29, 0.717) is 18.1 Å². The third kappa shape index (κ3) is 5.75. The van der Waals surface area contributed by atoms with E-state index in [1.54, 1.807) is 13.3 Å². The Balaban J connectivity index is 1.39. The van der Waals surface area contributed by atoms with Crippen LogP contribution in [0.1, 0.15) is 11.1 Å². The van der Waals surface area contributed by atoms with Crippen LogP contribution in [0.25, 0.3) is 11.3 Å². The zero-order chi connectivity index (χ0) is 22.2. The van der Waals surface area contributed by atoms with E-state index in [-0.39, 0.29) is 0 Å². The maximum absolute atomic E-state index is 5.96. The number of anilines is 1. The van der Waals surface area contributed by atoms with Crippen molar-refractivity contribution in [3.05, 3.63) is 93.8 Å². The molecular formula is C25H22BrN3O2S. The predicted octanol–water partition coefficient (Wildman–Crippen LogP) is 6.65. The first-order valence-electron chi connectivity index (χ1n) is 10.1. The molecule has 0 spiro atoms. The molecule has 0 bridgehead atoms. The first-order chi connectivity index (χ1) is 15.7. The Bertz CT molecular complexity index is 1180. The van der Waals surface area contributed by atoms with Gasteiger partial charge in [0.05, 0.1) is 25.6 Å². The molecule has 0 aliphatic rings. The second kappa shape index (κ2) is 10.9. The summed E-state index contributed by atoms with van der Waals surface area (Å²) in [7, 11) is 1.63. The maximum Gasteiger partial charge on any atom is 0.203 e. The molecule has 0 saturated carbocycles.